The first-order valence-corrected chi connectivity index (χ1v) is 7.78. The molecule has 1 atom stereocenters. The molecule has 0 radical (unpaired) electrons. The van der Waals surface area contributed by atoms with Crippen LogP contribution in [-0.4, -0.2) is 46.1 Å². The van der Waals surface area contributed by atoms with E-state index in [4.69, 9.17) is 9.84 Å². The molecule has 118 valence electrons. The van der Waals surface area contributed by atoms with Gasteiger partial charge in [0.2, 0.25) is 5.88 Å². The lowest BCUT2D eigenvalue weighted by molar-refractivity contribution is -0.143. The molecular formula is C16H20N2O4. The van der Waals surface area contributed by atoms with E-state index in [0.29, 0.717) is 24.4 Å². The summed E-state index contributed by atoms with van der Waals surface area (Å²) in [7, 11) is 0. The van der Waals surface area contributed by atoms with Gasteiger partial charge in [-0.25, -0.2) is 4.98 Å². The van der Waals surface area contributed by atoms with Crippen LogP contribution in [0.1, 0.15) is 42.5 Å². The third-order valence-electron chi connectivity index (χ3n) is 4.38. The van der Waals surface area contributed by atoms with Crippen molar-refractivity contribution < 1.29 is 19.4 Å². The van der Waals surface area contributed by atoms with Crippen molar-refractivity contribution in [1.29, 1.82) is 0 Å². The molecule has 1 saturated carbocycles. The second kappa shape index (κ2) is 6.34. The Morgan fingerprint density at radius 3 is 2.77 bits per heavy atom. The van der Waals surface area contributed by atoms with E-state index in [2.05, 4.69) is 4.98 Å². The van der Waals surface area contributed by atoms with Crippen molar-refractivity contribution in [3.05, 3.63) is 23.9 Å². The third kappa shape index (κ3) is 3.21. The number of aromatic nitrogens is 1. The summed E-state index contributed by atoms with van der Waals surface area (Å²) in [5.41, 5.74) is 0.510. The third-order valence-corrected chi connectivity index (χ3v) is 4.38. The van der Waals surface area contributed by atoms with E-state index < -0.39 is 11.9 Å². The fourth-order valence-corrected chi connectivity index (χ4v) is 2.81. The van der Waals surface area contributed by atoms with Crippen LogP contribution < -0.4 is 4.74 Å². The van der Waals surface area contributed by atoms with Gasteiger partial charge in [0.05, 0.1) is 5.92 Å². The van der Waals surface area contributed by atoms with E-state index in [1.165, 1.54) is 6.42 Å². The van der Waals surface area contributed by atoms with Crippen molar-refractivity contribution in [2.24, 2.45) is 5.92 Å². The number of piperidine rings is 1. The molecule has 0 spiro atoms. The molecule has 22 heavy (non-hydrogen) atoms. The molecule has 3 rings (SSSR count). The smallest absolute Gasteiger partial charge is 0.308 e. The summed E-state index contributed by atoms with van der Waals surface area (Å²) in [6.45, 7) is 0.874. The molecule has 1 aromatic rings. The molecule has 0 aromatic carbocycles. The van der Waals surface area contributed by atoms with Gasteiger partial charge in [0.1, 0.15) is 6.10 Å². The Bertz CT molecular complexity index is 571. The number of ether oxygens (including phenoxy) is 1. The second-order valence-corrected chi connectivity index (χ2v) is 5.98. The summed E-state index contributed by atoms with van der Waals surface area (Å²) in [5, 5.41) is 9.12. The highest BCUT2D eigenvalue weighted by molar-refractivity contribution is 5.94. The van der Waals surface area contributed by atoms with Crippen LogP contribution in [0.15, 0.2) is 18.3 Å². The number of likely N-dealkylation sites (tertiary alicyclic amines) is 1. The Labute approximate surface area is 129 Å². The lowest BCUT2D eigenvalue weighted by Crippen LogP contribution is -2.42. The average molecular weight is 304 g/mol. The van der Waals surface area contributed by atoms with Gasteiger partial charge < -0.3 is 14.7 Å². The maximum atomic E-state index is 12.5. The summed E-state index contributed by atoms with van der Waals surface area (Å²) >= 11 is 0. The highest BCUT2D eigenvalue weighted by atomic mass is 16.5. The molecule has 6 nitrogen and oxygen atoms in total. The Balaban J connectivity index is 1.68. The van der Waals surface area contributed by atoms with E-state index >= 15 is 0 Å². The van der Waals surface area contributed by atoms with Crippen molar-refractivity contribution in [1.82, 2.24) is 9.88 Å². The average Bonchev–Trinajstić information content (AvgIpc) is 2.50. The van der Waals surface area contributed by atoms with Crippen LogP contribution in [0.25, 0.3) is 0 Å². The number of aliphatic carboxylic acids is 1. The molecule has 1 aliphatic carbocycles. The number of nitrogens with zero attached hydrogens (tertiary/aromatic N) is 2. The second-order valence-electron chi connectivity index (χ2n) is 5.98. The van der Waals surface area contributed by atoms with Gasteiger partial charge in [-0.15, -0.1) is 0 Å². The first-order valence-electron chi connectivity index (χ1n) is 7.78. The van der Waals surface area contributed by atoms with Crippen LogP contribution in [0.3, 0.4) is 0 Å². The van der Waals surface area contributed by atoms with Crippen LogP contribution in [0.5, 0.6) is 5.88 Å². The van der Waals surface area contributed by atoms with E-state index in [1.807, 2.05) is 0 Å². The molecule has 1 N–H and O–H groups in total. The van der Waals surface area contributed by atoms with Crippen LogP contribution in [-0.2, 0) is 4.79 Å². The van der Waals surface area contributed by atoms with Crippen LogP contribution in [0, 0.1) is 5.92 Å². The van der Waals surface area contributed by atoms with E-state index in [9.17, 15) is 9.59 Å². The van der Waals surface area contributed by atoms with Gasteiger partial charge in [-0.3, -0.25) is 9.59 Å². The number of rotatable bonds is 4. The van der Waals surface area contributed by atoms with E-state index in [-0.39, 0.29) is 18.6 Å². The first kappa shape index (κ1) is 14.8. The van der Waals surface area contributed by atoms with Crippen LogP contribution in [0.4, 0.5) is 0 Å². The van der Waals surface area contributed by atoms with Crippen molar-refractivity contribution in [2.45, 2.75) is 38.2 Å². The fraction of sp³-hybridized carbons (Fsp3) is 0.562. The highest BCUT2D eigenvalue weighted by Crippen LogP contribution is 2.25. The molecule has 2 heterocycles. The van der Waals surface area contributed by atoms with Crippen LogP contribution in [0.2, 0.25) is 0 Å². The number of pyridine rings is 1. The summed E-state index contributed by atoms with van der Waals surface area (Å²) in [6.07, 6.45) is 6.38. The molecule has 1 unspecified atom stereocenters. The normalized spacial score (nSPS) is 22.0. The Kier molecular flexibility index (Phi) is 4.27. The Morgan fingerprint density at radius 2 is 2.09 bits per heavy atom. The number of hydrogen-bond donors (Lipinski definition) is 1. The van der Waals surface area contributed by atoms with Crippen molar-refractivity contribution in [3.63, 3.8) is 0 Å². The SMILES string of the molecule is O=C(O)C1CCCN(C(=O)c2ccnc(OC3CCC3)c2)C1. The minimum absolute atomic E-state index is 0.146. The molecule has 6 heteroatoms. The van der Waals surface area contributed by atoms with Gasteiger partial charge in [0.25, 0.3) is 5.91 Å². The molecule has 2 aliphatic rings. The minimum atomic E-state index is -0.832. The monoisotopic (exact) mass is 304 g/mol. The highest BCUT2D eigenvalue weighted by Gasteiger charge is 2.29. The summed E-state index contributed by atoms with van der Waals surface area (Å²) in [4.78, 5) is 29.4. The van der Waals surface area contributed by atoms with Crippen LogP contribution >= 0.6 is 0 Å². The molecule has 0 bridgehead atoms. The number of carbonyl (C=O) groups excluding carboxylic acids is 1. The lowest BCUT2D eigenvalue weighted by Gasteiger charge is -2.31. The zero-order valence-corrected chi connectivity index (χ0v) is 12.4. The Hall–Kier alpha value is -2.11. The summed E-state index contributed by atoms with van der Waals surface area (Å²) in [5.74, 6) is -0.972. The minimum Gasteiger partial charge on any atom is -0.481 e. The molecule has 2 fully saturated rings. The quantitative estimate of drug-likeness (QED) is 0.919. The van der Waals surface area contributed by atoms with E-state index in [0.717, 1.165) is 19.3 Å². The molecule has 1 aromatic heterocycles. The predicted octanol–water partition coefficient (Wildman–Crippen LogP) is 1.95. The topological polar surface area (TPSA) is 79.7 Å². The maximum absolute atomic E-state index is 12.5. The number of carboxylic acid groups (broad SMARTS) is 1. The van der Waals surface area contributed by atoms with Gasteiger partial charge in [0, 0.05) is 30.9 Å². The Morgan fingerprint density at radius 1 is 1.27 bits per heavy atom. The standard InChI is InChI=1S/C16H20N2O4/c19-15(18-8-2-3-12(10-18)16(20)21)11-6-7-17-14(9-11)22-13-4-1-5-13/h6-7,9,12-13H,1-5,8,10H2,(H,20,21). The zero-order valence-electron chi connectivity index (χ0n) is 12.4. The number of carbonyl (C=O) groups is 2. The summed E-state index contributed by atoms with van der Waals surface area (Å²) < 4.78 is 5.71. The van der Waals surface area contributed by atoms with Gasteiger partial charge in [-0.1, -0.05) is 0 Å². The van der Waals surface area contributed by atoms with Gasteiger partial charge in [-0.05, 0) is 38.2 Å². The van der Waals surface area contributed by atoms with Crippen molar-refractivity contribution in [2.75, 3.05) is 13.1 Å². The zero-order chi connectivity index (χ0) is 15.5. The molecular weight excluding hydrogens is 284 g/mol. The largest absolute Gasteiger partial charge is 0.481 e. The lowest BCUT2D eigenvalue weighted by atomic mass is 9.96. The van der Waals surface area contributed by atoms with Crippen molar-refractivity contribution >= 4 is 11.9 Å². The summed E-state index contributed by atoms with van der Waals surface area (Å²) in [6, 6.07) is 3.31. The predicted molar refractivity (Wildman–Crippen MR) is 78.8 cm³/mol. The van der Waals surface area contributed by atoms with Gasteiger partial charge >= 0.3 is 5.97 Å². The maximum Gasteiger partial charge on any atom is 0.308 e. The number of carboxylic acids is 1. The van der Waals surface area contributed by atoms with Gasteiger partial charge in [0.15, 0.2) is 0 Å². The fourth-order valence-electron chi connectivity index (χ4n) is 2.81. The molecule has 1 amide bonds. The number of amides is 1. The molecule has 1 aliphatic heterocycles. The van der Waals surface area contributed by atoms with Crippen molar-refractivity contribution in [3.8, 4) is 5.88 Å². The van der Waals surface area contributed by atoms with E-state index in [1.54, 1.807) is 23.2 Å². The first-order chi connectivity index (χ1) is 10.6. The number of hydrogen-bond acceptors (Lipinski definition) is 4. The van der Waals surface area contributed by atoms with Gasteiger partial charge in [-0.2, -0.15) is 0 Å². The molecule has 1 saturated heterocycles.